The van der Waals surface area contributed by atoms with Gasteiger partial charge in [-0.15, -0.1) is 0 Å². The summed E-state index contributed by atoms with van der Waals surface area (Å²) in [6.45, 7) is 5.71. The third kappa shape index (κ3) is 4.14. The van der Waals surface area contributed by atoms with Crippen molar-refractivity contribution in [3.05, 3.63) is 0 Å². The molecule has 2 heterocycles. The summed E-state index contributed by atoms with van der Waals surface area (Å²) in [5.41, 5.74) is 0.182. The molecule has 20 heavy (non-hydrogen) atoms. The van der Waals surface area contributed by atoms with Gasteiger partial charge in [0.15, 0.2) is 0 Å². The second-order valence-electron chi connectivity index (χ2n) is 6.57. The maximum Gasteiger partial charge on any atom is 0.222 e. The van der Waals surface area contributed by atoms with Gasteiger partial charge in [0.1, 0.15) is 0 Å². The smallest absolute Gasteiger partial charge is 0.222 e. The van der Waals surface area contributed by atoms with E-state index in [1.165, 1.54) is 19.3 Å². The van der Waals surface area contributed by atoms with Crippen molar-refractivity contribution < 1.29 is 9.53 Å². The maximum absolute atomic E-state index is 12.4. The molecule has 0 aromatic rings. The monoisotopic (exact) mass is 299 g/mol. The lowest BCUT2D eigenvalue weighted by atomic mass is 9.81. The molecular formula is C16H29NO2S. The fourth-order valence-electron chi connectivity index (χ4n) is 3.53. The zero-order valence-electron chi connectivity index (χ0n) is 12.8. The Labute approximate surface area is 128 Å². The summed E-state index contributed by atoms with van der Waals surface area (Å²) in [6.07, 6.45) is 7.59. The number of hydrogen-bond acceptors (Lipinski definition) is 3. The first-order valence-electron chi connectivity index (χ1n) is 8.15. The van der Waals surface area contributed by atoms with Crippen LogP contribution in [-0.2, 0) is 9.53 Å². The lowest BCUT2D eigenvalue weighted by molar-refractivity contribution is -0.133. The van der Waals surface area contributed by atoms with Crippen molar-refractivity contribution in [1.29, 1.82) is 0 Å². The Morgan fingerprint density at radius 1 is 1.35 bits per heavy atom. The van der Waals surface area contributed by atoms with Gasteiger partial charge in [0, 0.05) is 38.1 Å². The fourth-order valence-corrected chi connectivity index (χ4v) is 3.95. The molecule has 0 saturated carbocycles. The summed E-state index contributed by atoms with van der Waals surface area (Å²) in [5.74, 6) is 1.96. The molecule has 0 radical (unpaired) electrons. The van der Waals surface area contributed by atoms with Crippen LogP contribution in [0.4, 0.5) is 0 Å². The zero-order valence-corrected chi connectivity index (χ0v) is 13.7. The van der Waals surface area contributed by atoms with Gasteiger partial charge in [-0.25, -0.2) is 0 Å². The van der Waals surface area contributed by atoms with Gasteiger partial charge in [-0.1, -0.05) is 19.8 Å². The Morgan fingerprint density at radius 2 is 2.10 bits per heavy atom. The topological polar surface area (TPSA) is 29.5 Å². The summed E-state index contributed by atoms with van der Waals surface area (Å²) in [5, 5.41) is 0. The van der Waals surface area contributed by atoms with Crippen LogP contribution in [0.2, 0.25) is 0 Å². The number of nitrogens with zero attached hydrogens (tertiary/aromatic N) is 1. The molecule has 0 spiro atoms. The first-order chi connectivity index (χ1) is 9.69. The summed E-state index contributed by atoms with van der Waals surface area (Å²) in [6, 6.07) is 0. The minimum Gasteiger partial charge on any atom is -0.381 e. The van der Waals surface area contributed by atoms with E-state index in [-0.39, 0.29) is 5.41 Å². The third-order valence-corrected chi connectivity index (χ3v) is 5.71. The zero-order chi connectivity index (χ0) is 14.4. The molecule has 1 atom stereocenters. The summed E-state index contributed by atoms with van der Waals surface area (Å²) >= 11 is 4.56. The molecule has 0 aromatic carbocycles. The van der Waals surface area contributed by atoms with E-state index in [1.54, 1.807) is 0 Å². The predicted octanol–water partition coefficient (Wildman–Crippen LogP) is 3.14. The molecule has 2 fully saturated rings. The molecule has 1 amide bonds. The van der Waals surface area contributed by atoms with Gasteiger partial charge in [-0.05, 0) is 37.4 Å². The minimum atomic E-state index is 0.182. The number of carbonyl (C=O) groups excluding carboxylic acids is 1. The van der Waals surface area contributed by atoms with Crippen LogP contribution in [-0.4, -0.2) is 42.9 Å². The van der Waals surface area contributed by atoms with Gasteiger partial charge in [-0.2, -0.15) is 12.6 Å². The Balaban J connectivity index is 1.94. The highest BCUT2D eigenvalue weighted by atomic mass is 32.1. The number of likely N-dealkylation sites (tertiary alicyclic amines) is 1. The van der Waals surface area contributed by atoms with Crippen molar-refractivity contribution in [2.24, 2.45) is 11.3 Å². The normalized spacial score (nSPS) is 27.4. The molecule has 0 N–H and O–H groups in total. The highest BCUT2D eigenvalue weighted by Crippen LogP contribution is 2.34. The Hall–Kier alpha value is -0.220. The summed E-state index contributed by atoms with van der Waals surface area (Å²) < 4.78 is 5.48. The average Bonchev–Trinajstić information content (AvgIpc) is 2.64. The van der Waals surface area contributed by atoms with Gasteiger partial charge in [0.2, 0.25) is 5.91 Å². The molecule has 0 aliphatic carbocycles. The average molecular weight is 299 g/mol. The highest BCUT2D eigenvalue weighted by Gasteiger charge is 2.35. The number of hydrogen-bond donors (Lipinski definition) is 1. The van der Waals surface area contributed by atoms with E-state index >= 15 is 0 Å². The van der Waals surface area contributed by atoms with Gasteiger partial charge in [-0.3, -0.25) is 4.79 Å². The quantitative estimate of drug-likeness (QED) is 0.790. The van der Waals surface area contributed by atoms with Crippen LogP contribution in [0.5, 0.6) is 0 Å². The van der Waals surface area contributed by atoms with E-state index in [4.69, 9.17) is 4.74 Å². The molecular weight excluding hydrogens is 270 g/mol. The standard InChI is InChI=1S/C16H29NO2S/c1-2-3-14-4-5-15(18)17(9-6-14)12-16(13-20)7-10-19-11-8-16/h14,20H,2-13H2,1H3. The molecule has 3 nitrogen and oxygen atoms in total. The summed E-state index contributed by atoms with van der Waals surface area (Å²) in [4.78, 5) is 14.5. The number of thiol groups is 1. The van der Waals surface area contributed by atoms with Gasteiger partial charge >= 0.3 is 0 Å². The molecule has 4 heteroatoms. The number of carbonyl (C=O) groups is 1. The Morgan fingerprint density at radius 3 is 2.75 bits per heavy atom. The highest BCUT2D eigenvalue weighted by molar-refractivity contribution is 7.80. The Kier molecular flexibility index (Phi) is 6.21. The largest absolute Gasteiger partial charge is 0.381 e. The number of amides is 1. The van der Waals surface area contributed by atoms with Crippen molar-refractivity contribution in [2.75, 3.05) is 32.1 Å². The van der Waals surface area contributed by atoms with Crippen LogP contribution >= 0.6 is 12.6 Å². The first-order valence-corrected chi connectivity index (χ1v) is 8.79. The van der Waals surface area contributed by atoms with Crippen molar-refractivity contribution in [3.63, 3.8) is 0 Å². The van der Waals surface area contributed by atoms with Gasteiger partial charge in [0.05, 0.1) is 0 Å². The van der Waals surface area contributed by atoms with Gasteiger partial charge in [0.25, 0.3) is 0 Å². The molecule has 0 aromatic heterocycles. The van der Waals surface area contributed by atoms with Crippen molar-refractivity contribution >= 4 is 18.5 Å². The molecule has 2 saturated heterocycles. The van der Waals surface area contributed by atoms with Crippen LogP contribution in [0.25, 0.3) is 0 Å². The maximum atomic E-state index is 12.4. The van der Waals surface area contributed by atoms with Crippen LogP contribution in [0.3, 0.4) is 0 Å². The van der Waals surface area contributed by atoms with E-state index in [1.807, 2.05) is 0 Å². The van der Waals surface area contributed by atoms with Crippen LogP contribution in [0, 0.1) is 11.3 Å². The Bertz CT molecular complexity index is 316. The van der Waals surface area contributed by atoms with Crippen molar-refractivity contribution in [1.82, 2.24) is 4.90 Å². The third-order valence-electron chi connectivity index (χ3n) is 5.04. The first kappa shape index (κ1) is 16.2. The van der Waals surface area contributed by atoms with E-state index in [9.17, 15) is 4.79 Å². The predicted molar refractivity (Wildman–Crippen MR) is 85.2 cm³/mol. The van der Waals surface area contributed by atoms with E-state index in [2.05, 4.69) is 24.5 Å². The number of rotatable bonds is 5. The van der Waals surface area contributed by atoms with E-state index in [0.717, 1.165) is 63.7 Å². The number of ether oxygens (including phenoxy) is 1. The van der Waals surface area contributed by atoms with E-state index < -0.39 is 0 Å². The van der Waals surface area contributed by atoms with Gasteiger partial charge < -0.3 is 9.64 Å². The van der Waals surface area contributed by atoms with Crippen LogP contribution < -0.4 is 0 Å². The van der Waals surface area contributed by atoms with Crippen LogP contribution in [0.1, 0.15) is 51.9 Å². The fraction of sp³-hybridized carbons (Fsp3) is 0.938. The molecule has 0 bridgehead atoms. The lowest BCUT2D eigenvalue weighted by Gasteiger charge is -2.40. The molecule has 2 aliphatic rings. The minimum absolute atomic E-state index is 0.182. The van der Waals surface area contributed by atoms with Crippen molar-refractivity contribution in [3.8, 4) is 0 Å². The molecule has 2 aliphatic heterocycles. The molecule has 116 valence electrons. The lowest BCUT2D eigenvalue weighted by Crippen LogP contribution is -2.45. The SMILES string of the molecule is CCCC1CCC(=O)N(CC2(CS)CCOCC2)CC1. The molecule has 1 unspecified atom stereocenters. The molecule has 2 rings (SSSR count). The van der Waals surface area contributed by atoms with Crippen LogP contribution in [0.15, 0.2) is 0 Å². The van der Waals surface area contributed by atoms with Crippen molar-refractivity contribution in [2.45, 2.75) is 51.9 Å². The summed E-state index contributed by atoms with van der Waals surface area (Å²) in [7, 11) is 0. The van der Waals surface area contributed by atoms with E-state index in [0.29, 0.717) is 5.91 Å². The second kappa shape index (κ2) is 7.69. The second-order valence-corrected chi connectivity index (χ2v) is 6.88.